The van der Waals surface area contributed by atoms with E-state index in [1.807, 2.05) is 65.4 Å². The van der Waals surface area contributed by atoms with Crippen LogP contribution in [0.15, 0.2) is 84.1 Å². The molecule has 25 heavy (non-hydrogen) atoms. The zero-order chi connectivity index (χ0) is 17.1. The molecule has 0 radical (unpaired) electrons. The highest BCUT2D eigenvalue weighted by Gasteiger charge is 2.19. The van der Waals surface area contributed by atoms with E-state index in [1.54, 1.807) is 12.5 Å². The van der Waals surface area contributed by atoms with Gasteiger partial charge in [-0.3, -0.25) is 4.79 Å². The highest BCUT2D eigenvalue weighted by Crippen LogP contribution is 2.25. The van der Waals surface area contributed by atoms with Gasteiger partial charge in [0.25, 0.3) is 5.91 Å². The number of amides is 1. The minimum atomic E-state index is -0.333. The molecule has 6 nitrogen and oxygen atoms in total. The van der Waals surface area contributed by atoms with Gasteiger partial charge in [-0.05, 0) is 12.1 Å². The topological polar surface area (TPSA) is 73.0 Å². The lowest BCUT2D eigenvalue weighted by Crippen LogP contribution is -2.15. The van der Waals surface area contributed by atoms with Crippen molar-refractivity contribution in [2.45, 2.75) is 0 Å². The number of carbonyl (C=O) groups is 1. The van der Waals surface area contributed by atoms with E-state index in [4.69, 9.17) is 4.42 Å². The molecule has 0 unspecified atom stereocenters. The fourth-order valence-electron chi connectivity index (χ4n) is 2.59. The Morgan fingerprint density at radius 1 is 1.04 bits per heavy atom. The number of anilines is 1. The second kappa shape index (κ2) is 6.45. The van der Waals surface area contributed by atoms with Crippen molar-refractivity contribution in [2.75, 3.05) is 5.32 Å². The van der Waals surface area contributed by atoms with Crippen LogP contribution in [-0.4, -0.2) is 20.4 Å². The normalized spacial score (nSPS) is 10.6. The molecule has 6 heteroatoms. The minimum absolute atomic E-state index is 0.242. The third-order valence-electron chi connectivity index (χ3n) is 3.75. The largest absolute Gasteiger partial charge is 0.443 e. The summed E-state index contributed by atoms with van der Waals surface area (Å²) in [5, 5.41) is 2.90. The summed E-state index contributed by atoms with van der Waals surface area (Å²) in [5.41, 5.74) is 2.52. The number of nitrogens with one attached hydrogen (secondary N) is 1. The van der Waals surface area contributed by atoms with Gasteiger partial charge in [0.2, 0.25) is 0 Å². The highest BCUT2D eigenvalue weighted by atomic mass is 16.3. The minimum Gasteiger partial charge on any atom is -0.443 e. The third-order valence-corrected chi connectivity index (χ3v) is 3.75. The van der Waals surface area contributed by atoms with Crippen molar-refractivity contribution in [1.29, 1.82) is 0 Å². The van der Waals surface area contributed by atoms with Crippen LogP contribution in [0.1, 0.15) is 10.5 Å². The van der Waals surface area contributed by atoms with Crippen LogP contribution < -0.4 is 5.32 Å². The van der Waals surface area contributed by atoms with E-state index in [9.17, 15) is 4.79 Å². The number of hydrogen-bond acceptors (Lipinski definition) is 4. The maximum Gasteiger partial charge on any atom is 0.278 e. The van der Waals surface area contributed by atoms with Crippen molar-refractivity contribution in [3.05, 3.63) is 85.4 Å². The van der Waals surface area contributed by atoms with Crippen molar-refractivity contribution in [3.8, 4) is 17.0 Å². The van der Waals surface area contributed by atoms with Crippen LogP contribution in [0.5, 0.6) is 0 Å². The van der Waals surface area contributed by atoms with Crippen LogP contribution >= 0.6 is 0 Å². The summed E-state index contributed by atoms with van der Waals surface area (Å²) in [6.07, 6.45) is 6.45. The molecule has 0 bridgehead atoms. The van der Waals surface area contributed by atoms with E-state index in [0.29, 0.717) is 11.4 Å². The summed E-state index contributed by atoms with van der Waals surface area (Å²) in [5.74, 6) is 0.110. The lowest BCUT2D eigenvalue weighted by Gasteiger charge is -2.11. The van der Waals surface area contributed by atoms with Gasteiger partial charge >= 0.3 is 0 Å². The Bertz CT molecular complexity index is 991. The summed E-state index contributed by atoms with van der Waals surface area (Å²) in [6.45, 7) is 0. The molecule has 0 saturated heterocycles. The molecule has 2 aromatic heterocycles. The van der Waals surface area contributed by atoms with Crippen LogP contribution in [0.2, 0.25) is 0 Å². The van der Waals surface area contributed by atoms with Crippen LogP contribution in [0, 0.1) is 0 Å². The molecule has 2 aromatic carbocycles. The monoisotopic (exact) mass is 330 g/mol. The van der Waals surface area contributed by atoms with Gasteiger partial charge in [-0.25, -0.2) is 9.97 Å². The lowest BCUT2D eigenvalue weighted by atomic mass is 10.1. The van der Waals surface area contributed by atoms with E-state index < -0.39 is 0 Å². The summed E-state index contributed by atoms with van der Waals surface area (Å²) < 4.78 is 7.25. The van der Waals surface area contributed by atoms with Crippen molar-refractivity contribution < 1.29 is 9.21 Å². The lowest BCUT2D eigenvalue weighted by molar-refractivity contribution is 0.102. The fraction of sp³-hybridized carbons (Fsp3) is 0. The predicted molar refractivity (Wildman–Crippen MR) is 93.5 cm³/mol. The van der Waals surface area contributed by atoms with Gasteiger partial charge in [-0.1, -0.05) is 42.5 Å². The van der Waals surface area contributed by atoms with Gasteiger partial charge in [-0.15, -0.1) is 0 Å². The molecule has 1 amide bonds. The highest BCUT2D eigenvalue weighted by molar-refractivity contribution is 6.07. The second-order valence-corrected chi connectivity index (χ2v) is 5.34. The van der Waals surface area contributed by atoms with Crippen LogP contribution in [0.25, 0.3) is 17.0 Å². The third kappa shape index (κ3) is 2.92. The summed E-state index contributed by atoms with van der Waals surface area (Å²) >= 11 is 0. The predicted octanol–water partition coefficient (Wildman–Crippen LogP) is 3.78. The van der Waals surface area contributed by atoms with Crippen LogP contribution in [0.3, 0.4) is 0 Å². The summed E-state index contributed by atoms with van der Waals surface area (Å²) in [4.78, 5) is 20.9. The van der Waals surface area contributed by atoms with Gasteiger partial charge < -0.3 is 14.3 Å². The molecule has 4 rings (SSSR count). The zero-order valence-electron chi connectivity index (χ0n) is 13.2. The molecular formula is C19H14N4O2. The van der Waals surface area contributed by atoms with Crippen molar-refractivity contribution in [3.63, 3.8) is 0 Å². The molecule has 122 valence electrons. The SMILES string of the molecule is O=C(Nc1ccccc1-n1ccnc1)c1ncoc1-c1ccccc1. The Morgan fingerprint density at radius 3 is 2.64 bits per heavy atom. The number of oxazole rings is 1. The molecule has 0 spiro atoms. The van der Waals surface area contributed by atoms with Gasteiger partial charge in [-0.2, -0.15) is 0 Å². The number of benzene rings is 2. The van der Waals surface area contributed by atoms with E-state index in [0.717, 1.165) is 11.3 Å². The zero-order valence-corrected chi connectivity index (χ0v) is 13.2. The molecule has 0 saturated carbocycles. The van der Waals surface area contributed by atoms with Crippen molar-refractivity contribution >= 4 is 11.6 Å². The second-order valence-electron chi connectivity index (χ2n) is 5.34. The summed E-state index contributed by atoms with van der Waals surface area (Å²) in [7, 11) is 0. The molecule has 0 atom stereocenters. The van der Waals surface area contributed by atoms with E-state index in [2.05, 4.69) is 15.3 Å². The Balaban J connectivity index is 1.66. The molecule has 0 aliphatic heterocycles. The summed E-state index contributed by atoms with van der Waals surface area (Å²) in [6, 6.07) is 16.9. The van der Waals surface area contributed by atoms with Crippen molar-refractivity contribution in [1.82, 2.24) is 14.5 Å². The average Bonchev–Trinajstić information content (AvgIpc) is 3.35. The number of carbonyl (C=O) groups excluding carboxylic acids is 1. The van der Waals surface area contributed by atoms with E-state index in [1.165, 1.54) is 6.39 Å². The first-order valence-electron chi connectivity index (χ1n) is 7.70. The molecule has 0 aliphatic rings. The smallest absolute Gasteiger partial charge is 0.278 e. The number of imidazole rings is 1. The van der Waals surface area contributed by atoms with Gasteiger partial charge in [0, 0.05) is 18.0 Å². The van der Waals surface area contributed by atoms with E-state index in [-0.39, 0.29) is 11.6 Å². The van der Waals surface area contributed by atoms with Gasteiger partial charge in [0.05, 0.1) is 17.7 Å². The Kier molecular flexibility index (Phi) is 3.84. The average molecular weight is 330 g/mol. The first-order chi connectivity index (χ1) is 12.3. The van der Waals surface area contributed by atoms with E-state index >= 15 is 0 Å². The molecule has 2 heterocycles. The fourth-order valence-corrected chi connectivity index (χ4v) is 2.59. The standard InChI is InChI=1S/C19H14N4O2/c24-19(17-18(25-13-21-17)14-6-2-1-3-7-14)22-15-8-4-5-9-16(15)23-11-10-20-12-23/h1-13H,(H,22,24). The maximum absolute atomic E-state index is 12.7. The molecule has 0 aliphatic carbocycles. The first kappa shape index (κ1) is 14.9. The maximum atomic E-state index is 12.7. The number of hydrogen-bond donors (Lipinski definition) is 1. The molecule has 4 aromatic rings. The Hall–Kier alpha value is -3.67. The van der Waals surface area contributed by atoms with Gasteiger partial charge in [0.15, 0.2) is 17.8 Å². The number of nitrogens with zero attached hydrogens (tertiary/aromatic N) is 3. The van der Waals surface area contributed by atoms with Gasteiger partial charge in [0.1, 0.15) is 0 Å². The number of para-hydroxylation sites is 2. The van der Waals surface area contributed by atoms with Crippen LogP contribution in [-0.2, 0) is 0 Å². The van der Waals surface area contributed by atoms with Crippen LogP contribution in [0.4, 0.5) is 5.69 Å². The molecule has 0 fully saturated rings. The number of rotatable bonds is 4. The first-order valence-corrected chi connectivity index (χ1v) is 7.70. The Morgan fingerprint density at radius 2 is 1.84 bits per heavy atom. The quantitative estimate of drug-likeness (QED) is 0.618. The number of aromatic nitrogens is 3. The molecule has 1 N–H and O–H groups in total. The Labute approximate surface area is 143 Å². The van der Waals surface area contributed by atoms with Crippen molar-refractivity contribution in [2.24, 2.45) is 0 Å². The molecular weight excluding hydrogens is 316 g/mol.